The van der Waals surface area contributed by atoms with Crippen LogP contribution >= 0.6 is 11.3 Å². The van der Waals surface area contributed by atoms with Crippen LogP contribution in [0.3, 0.4) is 0 Å². The summed E-state index contributed by atoms with van der Waals surface area (Å²) in [5.74, 6) is 0.578. The Balaban J connectivity index is 2.02. The third kappa shape index (κ3) is 3.27. The highest BCUT2D eigenvalue weighted by molar-refractivity contribution is 7.91. The molecule has 18 heavy (non-hydrogen) atoms. The molecule has 2 atom stereocenters. The van der Waals surface area contributed by atoms with E-state index in [1.165, 1.54) is 0 Å². The van der Waals surface area contributed by atoms with Crippen LogP contribution in [-0.2, 0) is 9.84 Å². The molecule has 0 bridgehead atoms. The van der Waals surface area contributed by atoms with Crippen molar-refractivity contribution in [3.05, 3.63) is 10.0 Å². The van der Waals surface area contributed by atoms with Gasteiger partial charge in [0.05, 0.1) is 17.5 Å². The Morgan fingerprint density at radius 3 is 2.89 bits per heavy atom. The molecule has 2 rings (SSSR count). The SMILES string of the molecule is CCCNC(C)c1nnc(C2CCS(=O)(=O)C2)s1. The number of rotatable bonds is 5. The molecule has 0 spiro atoms. The van der Waals surface area contributed by atoms with Crippen molar-refractivity contribution in [2.45, 2.75) is 38.6 Å². The van der Waals surface area contributed by atoms with Crippen molar-refractivity contribution in [3.8, 4) is 0 Å². The fourth-order valence-corrected chi connectivity index (χ4v) is 4.88. The molecule has 1 aliphatic rings. The first-order valence-electron chi connectivity index (χ1n) is 6.29. The molecule has 1 aromatic heterocycles. The molecule has 0 amide bonds. The van der Waals surface area contributed by atoms with Gasteiger partial charge in [-0.1, -0.05) is 18.3 Å². The minimum atomic E-state index is -2.85. The van der Waals surface area contributed by atoms with Crippen LogP contribution in [0.5, 0.6) is 0 Å². The summed E-state index contributed by atoms with van der Waals surface area (Å²) in [6.45, 7) is 5.13. The third-order valence-corrected chi connectivity index (χ3v) is 6.15. The standard InChI is InChI=1S/C11H19N3O2S2/c1-3-5-12-8(2)10-13-14-11(17-10)9-4-6-18(15,16)7-9/h8-9,12H,3-7H2,1-2H3. The summed E-state index contributed by atoms with van der Waals surface area (Å²) in [7, 11) is -2.85. The highest BCUT2D eigenvalue weighted by Crippen LogP contribution is 2.32. The van der Waals surface area contributed by atoms with Crippen LogP contribution in [-0.4, -0.2) is 36.7 Å². The van der Waals surface area contributed by atoms with Crippen molar-refractivity contribution in [3.63, 3.8) is 0 Å². The van der Waals surface area contributed by atoms with E-state index in [0.717, 1.165) is 23.0 Å². The molecule has 1 aliphatic heterocycles. The summed E-state index contributed by atoms with van der Waals surface area (Å²) in [6.07, 6.45) is 1.77. The average Bonchev–Trinajstić information content (AvgIpc) is 2.92. The van der Waals surface area contributed by atoms with Crippen molar-refractivity contribution >= 4 is 21.2 Å². The molecule has 0 aromatic carbocycles. The second kappa shape index (κ2) is 5.63. The van der Waals surface area contributed by atoms with E-state index in [0.29, 0.717) is 6.42 Å². The van der Waals surface area contributed by atoms with Gasteiger partial charge in [-0.3, -0.25) is 0 Å². The molecule has 5 nitrogen and oxygen atoms in total. The smallest absolute Gasteiger partial charge is 0.151 e. The van der Waals surface area contributed by atoms with Gasteiger partial charge in [0.2, 0.25) is 0 Å². The van der Waals surface area contributed by atoms with Gasteiger partial charge in [-0.25, -0.2) is 8.42 Å². The van der Waals surface area contributed by atoms with Crippen molar-refractivity contribution in [2.75, 3.05) is 18.1 Å². The molecule has 0 radical (unpaired) electrons. The molecule has 1 saturated heterocycles. The van der Waals surface area contributed by atoms with E-state index < -0.39 is 9.84 Å². The van der Waals surface area contributed by atoms with Crippen LogP contribution in [0.1, 0.15) is 48.7 Å². The second-order valence-corrected chi connectivity index (χ2v) is 8.02. The van der Waals surface area contributed by atoms with E-state index in [1.54, 1.807) is 11.3 Å². The number of nitrogens with one attached hydrogen (secondary N) is 1. The molecule has 0 saturated carbocycles. The first-order valence-corrected chi connectivity index (χ1v) is 8.92. The lowest BCUT2D eigenvalue weighted by atomic mass is 10.1. The third-order valence-electron chi connectivity index (χ3n) is 3.11. The van der Waals surface area contributed by atoms with E-state index in [1.807, 2.05) is 0 Å². The van der Waals surface area contributed by atoms with Crippen molar-refractivity contribution in [1.82, 2.24) is 15.5 Å². The lowest BCUT2D eigenvalue weighted by Gasteiger charge is -2.08. The van der Waals surface area contributed by atoms with E-state index in [9.17, 15) is 8.42 Å². The first-order chi connectivity index (χ1) is 8.52. The van der Waals surface area contributed by atoms with E-state index in [4.69, 9.17) is 0 Å². The van der Waals surface area contributed by atoms with Gasteiger partial charge in [0.15, 0.2) is 9.84 Å². The zero-order valence-corrected chi connectivity index (χ0v) is 12.4. The Bertz CT molecular complexity index is 498. The Morgan fingerprint density at radius 1 is 1.50 bits per heavy atom. The van der Waals surface area contributed by atoms with Crippen LogP contribution in [0.2, 0.25) is 0 Å². The molecule has 1 N–H and O–H groups in total. The molecule has 2 unspecified atom stereocenters. The Labute approximate surface area is 112 Å². The normalized spacial score (nSPS) is 24.2. The number of hydrogen-bond donors (Lipinski definition) is 1. The predicted octanol–water partition coefficient (Wildman–Crippen LogP) is 1.50. The average molecular weight is 289 g/mol. The molecule has 1 aromatic rings. The summed E-state index contributed by atoms with van der Waals surface area (Å²) in [4.78, 5) is 0. The van der Waals surface area contributed by atoms with Gasteiger partial charge in [-0.05, 0) is 26.3 Å². The zero-order valence-electron chi connectivity index (χ0n) is 10.7. The van der Waals surface area contributed by atoms with Crippen LogP contribution < -0.4 is 5.32 Å². The lowest BCUT2D eigenvalue weighted by molar-refractivity contribution is 0.563. The topological polar surface area (TPSA) is 72.0 Å². The van der Waals surface area contributed by atoms with Gasteiger partial charge < -0.3 is 5.32 Å². The van der Waals surface area contributed by atoms with Gasteiger partial charge in [-0.15, -0.1) is 10.2 Å². The Morgan fingerprint density at radius 2 is 2.28 bits per heavy atom. The molecule has 1 fully saturated rings. The highest BCUT2D eigenvalue weighted by atomic mass is 32.2. The molecule has 0 aliphatic carbocycles. The summed E-state index contributed by atoms with van der Waals surface area (Å²) in [5, 5.41) is 13.5. The molecule has 2 heterocycles. The van der Waals surface area contributed by atoms with Gasteiger partial charge in [0, 0.05) is 5.92 Å². The van der Waals surface area contributed by atoms with Crippen LogP contribution in [0, 0.1) is 0 Å². The molecular weight excluding hydrogens is 270 g/mol. The summed E-state index contributed by atoms with van der Waals surface area (Å²) in [5.41, 5.74) is 0. The highest BCUT2D eigenvalue weighted by Gasteiger charge is 2.31. The monoisotopic (exact) mass is 289 g/mol. The van der Waals surface area contributed by atoms with Crippen LogP contribution in [0.25, 0.3) is 0 Å². The number of sulfone groups is 1. The van der Waals surface area contributed by atoms with E-state index in [2.05, 4.69) is 29.4 Å². The minimum Gasteiger partial charge on any atom is -0.308 e. The summed E-state index contributed by atoms with van der Waals surface area (Å²) >= 11 is 1.54. The number of hydrogen-bond acceptors (Lipinski definition) is 6. The quantitative estimate of drug-likeness (QED) is 0.889. The van der Waals surface area contributed by atoms with Crippen molar-refractivity contribution in [2.24, 2.45) is 0 Å². The Hall–Kier alpha value is -0.530. The molecule has 7 heteroatoms. The number of aromatic nitrogens is 2. The second-order valence-electron chi connectivity index (χ2n) is 4.75. The van der Waals surface area contributed by atoms with E-state index in [-0.39, 0.29) is 23.5 Å². The maximum atomic E-state index is 11.4. The van der Waals surface area contributed by atoms with Crippen LogP contribution in [0.15, 0.2) is 0 Å². The minimum absolute atomic E-state index is 0.0552. The van der Waals surface area contributed by atoms with E-state index >= 15 is 0 Å². The lowest BCUT2D eigenvalue weighted by Crippen LogP contribution is -2.19. The summed E-state index contributed by atoms with van der Waals surface area (Å²) < 4.78 is 22.9. The van der Waals surface area contributed by atoms with Crippen LogP contribution in [0.4, 0.5) is 0 Å². The van der Waals surface area contributed by atoms with Crippen molar-refractivity contribution in [1.29, 1.82) is 0 Å². The van der Waals surface area contributed by atoms with Gasteiger partial charge in [-0.2, -0.15) is 0 Å². The maximum absolute atomic E-state index is 11.4. The summed E-state index contributed by atoms with van der Waals surface area (Å²) in [6, 6.07) is 0.189. The maximum Gasteiger partial charge on any atom is 0.151 e. The molecular formula is C11H19N3O2S2. The number of nitrogens with zero attached hydrogens (tertiary/aromatic N) is 2. The van der Waals surface area contributed by atoms with Gasteiger partial charge >= 0.3 is 0 Å². The van der Waals surface area contributed by atoms with Gasteiger partial charge in [0.25, 0.3) is 0 Å². The van der Waals surface area contributed by atoms with Gasteiger partial charge in [0.1, 0.15) is 10.0 Å². The zero-order chi connectivity index (χ0) is 13.2. The van der Waals surface area contributed by atoms with Crippen molar-refractivity contribution < 1.29 is 8.42 Å². The predicted molar refractivity (Wildman–Crippen MR) is 72.6 cm³/mol. The fraction of sp³-hybridized carbons (Fsp3) is 0.818. The largest absolute Gasteiger partial charge is 0.308 e. The molecule has 102 valence electrons. The fourth-order valence-electron chi connectivity index (χ4n) is 2.02. The first kappa shape index (κ1) is 13.9. The Kier molecular flexibility index (Phi) is 4.34.